The van der Waals surface area contributed by atoms with Gasteiger partial charge >= 0.3 is 0 Å². The van der Waals surface area contributed by atoms with E-state index in [1.54, 1.807) is 0 Å². The summed E-state index contributed by atoms with van der Waals surface area (Å²) in [5.74, 6) is 2.33. The Labute approximate surface area is 106 Å². The van der Waals surface area contributed by atoms with Crippen molar-refractivity contribution in [2.24, 2.45) is 5.92 Å². The van der Waals surface area contributed by atoms with Crippen LogP contribution in [0.25, 0.3) is 0 Å². The van der Waals surface area contributed by atoms with E-state index < -0.39 is 0 Å². The van der Waals surface area contributed by atoms with E-state index in [0.29, 0.717) is 17.8 Å². The lowest BCUT2D eigenvalue weighted by molar-refractivity contribution is 0.550. The average molecular weight is 260 g/mol. The molecule has 16 heavy (non-hydrogen) atoms. The predicted molar refractivity (Wildman–Crippen MR) is 69.5 cm³/mol. The van der Waals surface area contributed by atoms with Crippen LogP contribution in [0.15, 0.2) is 0 Å². The first kappa shape index (κ1) is 12.1. The number of aromatic nitrogens is 2. The fourth-order valence-corrected chi connectivity index (χ4v) is 3.44. The van der Waals surface area contributed by atoms with Gasteiger partial charge in [0.2, 0.25) is 5.13 Å². The number of hydrogen-bond acceptors (Lipinski definition) is 4. The normalized spacial score (nSPS) is 25.3. The van der Waals surface area contributed by atoms with Gasteiger partial charge in [-0.05, 0) is 18.8 Å². The minimum absolute atomic E-state index is 0.434. The Morgan fingerprint density at radius 2 is 2.38 bits per heavy atom. The van der Waals surface area contributed by atoms with Gasteiger partial charge in [0.1, 0.15) is 5.82 Å². The van der Waals surface area contributed by atoms with Gasteiger partial charge in [-0.2, -0.15) is 4.37 Å². The Kier molecular flexibility index (Phi) is 4.03. The van der Waals surface area contributed by atoms with E-state index >= 15 is 0 Å². The maximum absolute atomic E-state index is 6.03. The zero-order chi connectivity index (χ0) is 11.5. The van der Waals surface area contributed by atoms with Crippen molar-refractivity contribution in [3.63, 3.8) is 0 Å². The quantitative estimate of drug-likeness (QED) is 0.779. The van der Waals surface area contributed by atoms with Gasteiger partial charge in [-0.25, -0.2) is 4.98 Å². The first-order valence-electron chi connectivity index (χ1n) is 5.91. The van der Waals surface area contributed by atoms with E-state index in [2.05, 4.69) is 28.1 Å². The molecule has 0 radical (unpaired) electrons. The molecular weight excluding hydrogens is 242 g/mol. The van der Waals surface area contributed by atoms with E-state index in [1.807, 2.05) is 0 Å². The first-order chi connectivity index (χ1) is 7.76. The summed E-state index contributed by atoms with van der Waals surface area (Å²) in [4.78, 5) is 6.92. The second-order valence-electron chi connectivity index (χ2n) is 4.42. The Bertz CT molecular complexity index is 342. The summed E-state index contributed by atoms with van der Waals surface area (Å²) in [6, 6.07) is 0.434. The zero-order valence-electron chi connectivity index (χ0n) is 9.82. The van der Waals surface area contributed by atoms with Gasteiger partial charge in [-0.15, -0.1) is 11.6 Å². The Morgan fingerprint density at radius 1 is 1.56 bits per heavy atom. The molecule has 0 amide bonds. The number of aryl methyl sites for hydroxylation is 1. The SMILES string of the molecule is CCCc1nsc(N2CCC(C)C2CCl)n1. The summed E-state index contributed by atoms with van der Waals surface area (Å²) >= 11 is 7.54. The van der Waals surface area contributed by atoms with Crippen LogP contribution in [0.2, 0.25) is 0 Å². The Morgan fingerprint density at radius 3 is 3.06 bits per heavy atom. The Hall–Kier alpha value is -0.350. The molecule has 3 nitrogen and oxygen atoms in total. The minimum atomic E-state index is 0.434. The van der Waals surface area contributed by atoms with Crippen molar-refractivity contribution in [1.82, 2.24) is 9.36 Å². The number of anilines is 1. The summed E-state index contributed by atoms with van der Waals surface area (Å²) in [7, 11) is 0. The predicted octanol–water partition coefficient (Wildman–Crippen LogP) is 2.94. The second-order valence-corrected chi connectivity index (χ2v) is 5.46. The summed E-state index contributed by atoms with van der Waals surface area (Å²) < 4.78 is 4.39. The summed E-state index contributed by atoms with van der Waals surface area (Å²) in [6.07, 6.45) is 3.29. The lowest BCUT2D eigenvalue weighted by Crippen LogP contribution is -2.33. The molecule has 0 N–H and O–H groups in total. The van der Waals surface area contributed by atoms with Crippen LogP contribution in [0, 0.1) is 5.92 Å². The van der Waals surface area contributed by atoms with Crippen molar-refractivity contribution < 1.29 is 0 Å². The van der Waals surface area contributed by atoms with Crippen LogP contribution in [0.5, 0.6) is 0 Å². The smallest absolute Gasteiger partial charge is 0.205 e. The van der Waals surface area contributed by atoms with E-state index in [9.17, 15) is 0 Å². The van der Waals surface area contributed by atoms with Gasteiger partial charge in [0.25, 0.3) is 0 Å². The molecule has 0 spiro atoms. The molecule has 0 aromatic carbocycles. The highest BCUT2D eigenvalue weighted by Crippen LogP contribution is 2.31. The third kappa shape index (κ3) is 2.33. The van der Waals surface area contributed by atoms with Gasteiger partial charge in [-0.3, -0.25) is 0 Å². The van der Waals surface area contributed by atoms with E-state index in [1.165, 1.54) is 18.0 Å². The molecule has 5 heteroatoms. The monoisotopic (exact) mass is 259 g/mol. The molecule has 2 atom stereocenters. The fraction of sp³-hybridized carbons (Fsp3) is 0.818. The van der Waals surface area contributed by atoms with Crippen LogP contribution in [-0.4, -0.2) is 27.8 Å². The van der Waals surface area contributed by atoms with Crippen LogP contribution in [0.3, 0.4) is 0 Å². The van der Waals surface area contributed by atoms with Crippen LogP contribution in [-0.2, 0) is 6.42 Å². The van der Waals surface area contributed by atoms with Crippen molar-refractivity contribution in [2.75, 3.05) is 17.3 Å². The molecule has 2 rings (SSSR count). The maximum atomic E-state index is 6.03. The zero-order valence-corrected chi connectivity index (χ0v) is 11.4. The molecule has 1 aliphatic rings. The second kappa shape index (κ2) is 5.32. The van der Waals surface area contributed by atoms with Crippen molar-refractivity contribution in [2.45, 2.75) is 39.2 Å². The third-order valence-electron chi connectivity index (χ3n) is 3.22. The third-order valence-corrected chi connectivity index (χ3v) is 4.32. The van der Waals surface area contributed by atoms with Crippen molar-refractivity contribution in [3.05, 3.63) is 5.82 Å². The fourth-order valence-electron chi connectivity index (χ4n) is 2.17. The van der Waals surface area contributed by atoms with Crippen LogP contribution < -0.4 is 4.90 Å². The Balaban J connectivity index is 2.10. The molecule has 0 saturated carbocycles. The van der Waals surface area contributed by atoms with Gasteiger partial charge in [0, 0.05) is 36.4 Å². The maximum Gasteiger partial charge on any atom is 0.205 e. The number of alkyl halides is 1. The number of nitrogens with zero attached hydrogens (tertiary/aromatic N) is 3. The molecule has 0 aliphatic carbocycles. The van der Waals surface area contributed by atoms with Crippen molar-refractivity contribution in [1.29, 1.82) is 0 Å². The summed E-state index contributed by atoms with van der Waals surface area (Å²) in [5.41, 5.74) is 0. The lowest BCUT2D eigenvalue weighted by Gasteiger charge is -2.23. The topological polar surface area (TPSA) is 29.0 Å². The molecular formula is C11H18ClN3S. The highest BCUT2D eigenvalue weighted by atomic mass is 35.5. The van der Waals surface area contributed by atoms with Crippen molar-refractivity contribution in [3.8, 4) is 0 Å². The largest absolute Gasteiger partial charge is 0.342 e. The van der Waals surface area contributed by atoms with Gasteiger partial charge in [0.05, 0.1) is 0 Å². The van der Waals surface area contributed by atoms with E-state index in [4.69, 9.17) is 11.6 Å². The number of hydrogen-bond donors (Lipinski definition) is 0. The highest BCUT2D eigenvalue weighted by Gasteiger charge is 2.32. The number of rotatable bonds is 4. The van der Waals surface area contributed by atoms with Gasteiger partial charge < -0.3 is 4.90 Å². The van der Waals surface area contributed by atoms with Crippen LogP contribution in [0.1, 0.15) is 32.5 Å². The molecule has 2 unspecified atom stereocenters. The van der Waals surface area contributed by atoms with Crippen LogP contribution in [0.4, 0.5) is 5.13 Å². The average Bonchev–Trinajstić information content (AvgIpc) is 2.85. The molecule has 1 aromatic rings. The molecule has 1 aliphatic heterocycles. The molecule has 2 heterocycles. The van der Waals surface area contributed by atoms with E-state index in [0.717, 1.165) is 30.3 Å². The molecule has 1 fully saturated rings. The van der Waals surface area contributed by atoms with Gasteiger partial charge in [-0.1, -0.05) is 13.8 Å². The summed E-state index contributed by atoms with van der Waals surface area (Å²) in [5, 5.41) is 1.05. The first-order valence-corrected chi connectivity index (χ1v) is 7.22. The van der Waals surface area contributed by atoms with Crippen LogP contribution >= 0.6 is 23.1 Å². The minimum Gasteiger partial charge on any atom is -0.342 e. The lowest BCUT2D eigenvalue weighted by atomic mass is 10.1. The van der Waals surface area contributed by atoms with E-state index in [-0.39, 0.29) is 0 Å². The molecule has 1 saturated heterocycles. The molecule has 0 bridgehead atoms. The van der Waals surface area contributed by atoms with Gasteiger partial charge in [0.15, 0.2) is 0 Å². The highest BCUT2D eigenvalue weighted by molar-refractivity contribution is 7.09. The summed E-state index contributed by atoms with van der Waals surface area (Å²) in [6.45, 7) is 5.49. The standard InChI is InChI=1S/C11H18ClN3S/c1-3-4-10-13-11(16-14-10)15-6-5-8(2)9(15)7-12/h8-9H,3-7H2,1-2H3. The molecule has 1 aromatic heterocycles. The molecule has 90 valence electrons. The van der Waals surface area contributed by atoms with Crippen molar-refractivity contribution >= 4 is 28.3 Å². The number of halogens is 1.